The molecule has 0 bridgehead atoms. The Kier molecular flexibility index (Phi) is 6.13. The van der Waals surface area contributed by atoms with E-state index >= 15 is 0 Å². The number of carboxylic acids is 1. The summed E-state index contributed by atoms with van der Waals surface area (Å²) in [6.45, 7) is 4.25. The molecule has 1 heterocycles. The number of anilines is 2. The Morgan fingerprint density at radius 3 is 2.39 bits per heavy atom. The molecule has 1 aromatic heterocycles. The fraction of sp³-hybridized carbons (Fsp3) is 0.150. The molecule has 1 atom stereocenters. The first-order chi connectivity index (χ1) is 13.4. The van der Waals surface area contributed by atoms with Gasteiger partial charge in [0.05, 0.1) is 18.0 Å². The third kappa shape index (κ3) is 4.09. The molecule has 0 radical (unpaired) electrons. The van der Waals surface area contributed by atoms with Crippen molar-refractivity contribution < 1.29 is 23.4 Å². The normalized spacial score (nSPS) is 11.8. The number of carboxylic acid groups (broad SMARTS) is 1. The Labute approximate surface area is 169 Å². The number of ether oxygens (including phenoxy) is 1. The second-order valence-corrected chi connectivity index (χ2v) is 7.78. The quantitative estimate of drug-likeness (QED) is 0.523. The maximum atomic E-state index is 12.1. The van der Waals surface area contributed by atoms with E-state index in [1.54, 1.807) is 31.2 Å². The number of rotatable bonds is 7. The molecule has 0 aliphatic rings. The van der Waals surface area contributed by atoms with Crippen LogP contribution in [0.25, 0.3) is 10.4 Å². The van der Waals surface area contributed by atoms with E-state index in [9.17, 15) is 18.7 Å². The van der Waals surface area contributed by atoms with Gasteiger partial charge in [-0.3, -0.25) is 4.55 Å². The van der Waals surface area contributed by atoms with Crippen molar-refractivity contribution in [3.8, 4) is 16.2 Å². The zero-order valence-electron chi connectivity index (χ0n) is 15.3. The van der Waals surface area contributed by atoms with Crippen molar-refractivity contribution >= 4 is 39.9 Å². The number of para-hydroxylation sites is 1. The largest absolute Gasteiger partial charge is 0.494 e. The number of benzene rings is 2. The van der Waals surface area contributed by atoms with Crippen LogP contribution < -0.4 is 9.04 Å². The molecule has 0 saturated heterocycles. The Hall–Kier alpha value is -2.68. The van der Waals surface area contributed by atoms with Crippen molar-refractivity contribution in [2.24, 2.45) is 0 Å². The highest BCUT2D eigenvalue weighted by Gasteiger charge is 2.26. The Morgan fingerprint density at radius 1 is 1.14 bits per heavy atom. The van der Waals surface area contributed by atoms with Crippen molar-refractivity contribution in [2.45, 2.75) is 13.8 Å². The average Bonchev–Trinajstić information content (AvgIpc) is 3.09. The first-order valence-electron chi connectivity index (χ1n) is 8.49. The lowest BCUT2D eigenvalue weighted by molar-refractivity contribution is 0.0703. The molecule has 6 nitrogen and oxygen atoms in total. The van der Waals surface area contributed by atoms with Gasteiger partial charge < -0.3 is 9.84 Å². The number of nitrogens with zero attached hydrogens (tertiary/aromatic N) is 1. The highest BCUT2D eigenvalue weighted by atomic mass is 32.2. The molecule has 0 saturated carbocycles. The Morgan fingerprint density at radius 2 is 1.82 bits per heavy atom. The van der Waals surface area contributed by atoms with E-state index in [0.717, 1.165) is 32.5 Å². The fourth-order valence-electron chi connectivity index (χ4n) is 2.80. The van der Waals surface area contributed by atoms with Gasteiger partial charge in [-0.25, -0.2) is 13.3 Å². The van der Waals surface area contributed by atoms with Gasteiger partial charge in [-0.15, -0.1) is 11.3 Å². The van der Waals surface area contributed by atoms with Crippen LogP contribution in [0.4, 0.5) is 11.4 Å². The summed E-state index contributed by atoms with van der Waals surface area (Å²) in [7, 11) is 0. The maximum Gasteiger partial charge on any atom is 0.348 e. The van der Waals surface area contributed by atoms with Gasteiger partial charge in [0.25, 0.3) is 11.3 Å². The van der Waals surface area contributed by atoms with Crippen LogP contribution in [0.1, 0.15) is 22.2 Å². The van der Waals surface area contributed by atoms with Crippen LogP contribution in [0.15, 0.2) is 54.6 Å². The Bertz CT molecular complexity index is 1010. The van der Waals surface area contributed by atoms with Crippen molar-refractivity contribution in [1.82, 2.24) is 0 Å². The fourth-order valence-corrected chi connectivity index (χ4v) is 4.53. The van der Waals surface area contributed by atoms with E-state index in [2.05, 4.69) is 0 Å². The number of carbonyl (C=O) groups is 1. The van der Waals surface area contributed by atoms with Crippen LogP contribution in [0.3, 0.4) is 0 Å². The number of hydrogen-bond acceptors (Lipinski definition) is 4. The summed E-state index contributed by atoms with van der Waals surface area (Å²) >= 11 is -1.38. The van der Waals surface area contributed by atoms with Gasteiger partial charge in [0, 0.05) is 4.88 Å². The minimum Gasteiger partial charge on any atom is -0.494 e. The lowest BCUT2D eigenvalue weighted by atomic mass is 10.1. The molecule has 3 rings (SSSR count). The number of aryl methyl sites for hydroxylation is 1. The van der Waals surface area contributed by atoms with Crippen molar-refractivity contribution in [3.05, 3.63) is 65.0 Å². The standard InChI is InChI=1S/C20H19NO5S2/c1-3-26-15-10-8-14(9-11-15)18-12-17(19(27-18)20(22)23)21(28(24)25)16-7-5-4-6-13(16)2/h4-12H,3H2,1-2H3,(H,22,23)(H,24,25). The predicted molar refractivity (Wildman–Crippen MR) is 112 cm³/mol. The topological polar surface area (TPSA) is 87.1 Å². The minimum atomic E-state index is -2.44. The zero-order valence-corrected chi connectivity index (χ0v) is 16.9. The molecule has 0 aliphatic heterocycles. The van der Waals surface area contributed by atoms with Gasteiger partial charge in [-0.2, -0.15) is 0 Å². The summed E-state index contributed by atoms with van der Waals surface area (Å²) in [6.07, 6.45) is 0. The van der Waals surface area contributed by atoms with Gasteiger partial charge >= 0.3 is 5.97 Å². The smallest absolute Gasteiger partial charge is 0.348 e. The molecular weight excluding hydrogens is 398 g/mol. The summed E-state index contributed by atoms with van der Waals surface area (Å²) in [6, 6.07) is 15.9. The number of thiophene rings is 1. The first kappa shape index (κ1) is 20.1. The van der Waals surface area contributed by atoms with E-state index in [-0.39, 0.29) is 10.6 Å². The van der Waals surface area contributed by atoms with E-state index in [0.29, 0.717) is 17.2 Å². The van der Waals surface area contributed by atoms with Crippen molar-refractivity contribution in [3.63, 3.8) is 0 Å². The van der Waals surface area contributed by atoms with Crippen LogP contribution in [-0.2, 0) is 11.3 Å². The van der Waals surface area contributed by atoms with Crippen LogP contribution in [-0.4, -0.2) is 26.4 Å². The summed E-state index contributed by atoms with van der Waals surface area (Å²) in [5.41, 5.74) is 2.21. The van der Waals surface area contributed by atoms with Gasteiger partial charge in [0.1, 0.15) is 10.6 Å². The van der Waals surface area contributed by atoms with Gasteiger partial charge in [0.2, 0.25) is 0 Å². The zero-order chi connectivity index (χ0) is 20.3. The molecule has 1 unspecified atom stereocenters. The summed E-state index contributed by atoms with van der Waals surface area (Å²) in [4.78, 5) is 12.5. The molecule has 0 amide bonds. The van der Waals surface area contributed by atoms with Crippen molar-refractivity contribution in [1.29, 1.82) is 0 Å². The first-order valence-corrected chi connectivity index (χ1v) is 10.4. The average molecular weight is 418 g/mol. The molecule has 0 spiro atoms. The van der Waals surface area contributed by atoms with Crippen LogP contribution in [0.5, 0.6) is 5.75 Å². The summed E-state index contributed by atoms with van der Waals surface area (Å²) in [5, 5.41) is 9.67. The third-order valence-corrected chi connectivity index (χ3v) is 5.93. The molecule has 0 aliphatic carbocycles. The van der Waals surface area contributed by atoms with Crippen LogP contribution in [0, 0.1) is 6.92 Å². The SMILES string of the molecule is CCOc1ccc(-c2cc(N(c3ccccc3C)S(=O)O)c(C(=O)O)s2)cc1. The third-order valence-electron chi connectivity index (χ3n) is 4.07. The highest BCUT2D eigenvalue weighted by molar-refractivity contribution is 7.81. The van der Waals surface area contributed by atoms with E-state index in [1.807, 2.05) is 37.3 Å². The second-order valence-electron chi connectivity index (χ2n) is 5.90. The summed E-state index contributed by atoms with van der Waals surface area (Å²) < 4.78 is 28.6. The molecular formula is C20H19NO5S2. The van der Waals surface area contributed by atoms with E-state index in [4.69, 9.17) is 4.74 Å². The maximum absolute atomic E-state index is 12.1. The number of aromatic carboxylic acids is 1. The van der Waals surface area contributed by atoms with E-state index < -0.39 is 17.2 Å². The van der Waals surface area contributed by atoms with E-state index in [1.165, 1.54) is 0 Å². The predicted octanol–water partition coefficient (Wildman–Crippen LogP) is 5.10. The van der Waals surface area contributed by atoms with Gasteiger partial charge in [-0.05, 0) is 61.4 Å². The Balaban J connectivity index is 2.11. The molecule has 0 fully saturated rings. The lowest BCUT2D eigenvalue weighted by Crippen LogP contribution is -2.21. The second kappa shape index (κ2) is 8.55. The highest BCUT2D eigenvalue weighted by Crippen LogP contribution is 2.41. The number of hydrogen-bond donors (Lipinski definition) is 2. The van der Waals surface area contributed by atoms with Crippen molar-refractivity contribution in [2.75, 3.05) is 10.9 Å². The molecule has 146 valence electrons. The van der Waals surface area contributed by atoms with Crippen LogP contribution >= 0.6 is 11.3 Å². The molecule has 2 aromatic carbocycles. The molecule has 28 heavy (non-hydrogen) atoms. The molecule has 8 heteroatoms. The summed E-state index contributed by atoms with van der Waals surface area (Å²) in [5.74, 6) is -0.430. The van der Waals surface area contributed by atoms with Gasteiger partial charge in [-0.1, -0.05) is 18.2 Å². The molecule has 3 aromatic rings. The monoisotopic (exact) mass is 417 g/mol. The molecule has 2 N–H and O–H groups in total. The van der Waals surface area contributed by atoms with Crippen LogP contribution in [0.2, 0.25) is 0 Å². The van der Waals surface area contributed by atoms with Gasteiger partial charge in [0.15, 0.2) is 0 Å². The lowest BCUT2D eigenvalue weighted by Gasteiger charge is -2.21. The minimum absolute atomic E-state index is 0.00506.